The molecule has 0 aliphatic carbocycles. The van der Waals surface area contributed by atoms with Gasteiger partial charge in [0, 0.05) is 11.9 Å². The Bertz CT molecular complexity index is 907. The van der Waals surface area contributed by atoms with Crippen molar-refractivity contribution < 1.29 is 9.52 Å². The summed E-state index contributed by atoms with van der Waals surface area (Å²) in [6.07, 6.45) is 2.36. The van der Waals surface area contributed by atoms with Gasteiger partial charge >= 0.3 is 5.63 Å². The zero-order valence-corrected chi connectivity index (χ0v) is 12.2. The lowest BCUT2D eigenvalue weighted by atomic mass is 10.0. The number of phenols is 1. The lowest BCUT2D eigenvalue weighted by Crippen LogP contribution is -2.18. The zero-order valence-electron chi connectivity index (χ0n) is 12.2. The third-order valence-electron chi connectivity index (χ3n) is 4.45. The van der Waals surface area contributed by atoms with Crippen LogP contribution in [0.15, 0.2) is 45.6 Å². The number of aromatic hydroxyl groups is 1. The number of fused-ring (bicyclic) bond motifs is 3. The maximum Gasteiger partial charge on any atom is 0.344 e. The monoisotopic (exact) mass is 295 g/mol. The van der Waals surface area contributed by atoms with Crippen LogP contribution in [0.5, 0.6) is 5.75 Å². The van der Waals surface area contributed by atoms with E-state index in [-0.39, 0.29) is 11.4 Å². The minimum atomic E-state index is -0.351. The number of nitrogens with zero attached hydrogens (tertiary/aromatic N) is 1. The molecule has 2 heterocycles. The van der Waals surface area contributed by atoms with Gasteiger partial charge in [0.05, 0.1) is 10.9 Å². The molecule has 112 valence electrons. The van der Waals surface area contributed by atoms with Crippen molar-refractivity contribution in [2.45, 2.75) is 19.4 Å². The van der Waals surface area contributed by atoms with Crippen LogP contribution in [0.3, 0.4) is 0 Å². The third kappa shape index (κ3) is 2.07. The van der Waals surface area contributed by atoms with Crippen LogP contribution in [0.1, 0.15) is 18.4 Å². The van der Waals surface area contributed by atoms with E-state index in [4.69, 9.17) is 4.42 Å². The second kappa shape index (κ2) is 5.14. The molecule has 0 saturated carbocycles. The molecular weight excluding hydrogens is 278 g/mol. The average Bonchev–Trinajstić information content (AvgIpc) is 3.04. The van der Waals surface area contributed by atoms with Gasteiger partial charge in [-0.25, -0.2) is 4.79 Å². The van der Waals surface area contributed by atoms with Crippen LogP contribution in [0.4, 0.5) is 0 Å². The summed E-state index contributed by atoms with van der Waals surface area (Å²) in [6.45, 7) is 2.66. The predicted molar refractivity (Wildman–Crippen MR) is 86.2 cm³/mol. The molecule has 1 aliphatic rings. The molecule has 0 bridgehead atoms. The Labute approximate surface area is 127 Å². The van der Waals surface area contributed by atoms with Crippen LogP contribution in [0.2, 0.25) is 0 Å². The van der Waals surface area contributed by atoms with E-state index in [0.29, 0.717) is 23.1 Å². The van der Waals surface area contributed by atoms with Crippen molar-refractivity contribution in [1.82, 2.24) is 4.90 Å². The first-order valence-corrected chi connectivity index (χ1v) is 7.63. The van der Waals surface area contributed by atoms with Crippen molar-refractivity contribution in [3.05, 3.63) is 52.4 Å². The Morgan fingerprint density at radius 1 is 1.00 bits per heavy atom. The standard InChI is InChI=1S/C18H17NO3/c20-16-8-7-13-12-5-1-2-6-14(12)18(21)22-17(13)15(16)11-19-9-3-4-10-19/h1-2,5-8,20H,3-4,9-11H2. The quantitative estimate of drug-likeness (QED) is 0.582. The van der Waals surface area contributed by atoms with Crippen molar-refractivity contribution in [1.29, 1.82) is 0 Å². The first kappa shape index (κ1) is 13.3. The van der Waals surface area contributed by atoms with Crippen molar-refractivity contribution in [2.24, 2.45) is 0 Å². The molecule has 3 aromatic rings. The fourth-order valence-corrected chi connectivity index (χ4v) is 3.31. The van der Waals surface area contributed by atoms with Gasteiger partial charge in [-0.15, -0.1) is 0 Å². The summed E-state index contributed by atoms with van der Waals surface area (Å²) in [7, 11) is 0. The molecule has 0 amide bonds. The molecule has 1 fully saturated rings. The van der Waals surface area contributed by atoms with E-state index in [2.05, 4.69) is 4.90 Å². The van der Waals surface area contributed by atoms with Gasteiger partial charge in [-0.2, -0.15) is 0 Å². The van der Waals surface area contributed by atoms with Gasteiger partial charge in [-0.3, -0.25) is 4.90 Å². The molecule has 1 aromatic heterocycles. The van der Waals surface area contributed by atoms with Crippen LogP contribution in [-0.2, 0) is 6.54 Å². The molecule has 0 atom stereocenters. The third-order valence-corrected chi connectivity index (χ3v) is 4.45. The minimum absolute atomic E-state index is 0.192. The molecule has 2 aromatic carbocycles. The Morgan fingerprint density at radius 3 is 2.50 bits per heavy atom. The number of rotatable bonds is 2. The second-order valence-electron chi connectivity index (χ2n) is 5.86. The zero-order chi connectivity index (χ0) is 15.1. The Hall–Kier alpha value is -2.33. The molecule has 1 saturated heterocycles. The fourth-order valence-electron chi connectivity index (χ4n) is 3.31. The number of benzene rings is 2. The summed E-state index contributed by atoms with van der Waals surface area (Å²) in [5.74, 6) is 0.192. The van der Waals surface area contributed by atoms with Gasteiger partial charge in [0.1, 0.15) is 11.3 Å². The van der Waals surface area contributed by atoms with Crippen LogP contribution < -0.4 is 5.63 Å². The summed E-state index contributed by atoms with van der Waals surface area (Å²) in [4.78, 5) is 14.5. The summed E-state index contributed by atoms with van der Waals surface area (Å²) in [6, 6.07) is 11.0. The summed E-state index contributed by atoms with van der Waals surface area (Å²) in [5.41, 5.74) is 0.870. The van der Waals surface area contributed by atoms with E-state index >= 15 is 0 Å². The number of phenolic OH excluding ortho intramolecular Hbond substituents is 1. The molecule has 4 heteroatoms. The van der Waals surface area contributed by atoms with E-state index in [9.17, 15) is 9.90 Å². The Balaban J connectivity index is 1.99. The van der Waals surface area contributed by atoms with E-state index in [1.54, 1.807) is 12.1 Å². The van der Waals surface area contributed by atoms with Crippen LogP contribution in [0, 0.1) is 0 Å². The first-order chi connectivity index (χ1) is 10.7. The van der Waals surface area contributed by atoms with E-state index in [1.165, 1.54) is 12.8 Å². The maximum absolute atomic E-state index is 12.2. The smallest absolute Gasteiger partial charge is 0.344 e. The Kier molecular flexibility index (Phi) is 3.12. The normalized spacial score (nSPS) is 15.8. The highest BCUT2D eigenvalue weighted by Gasteiger charge is 2.18. The van der Waals surface area contributed by atoms with E-state index in [0.717, 1.165) is 23.9 Å². The van der Waals surface area contributed by atoms with E-state index < -0.39 is 0 Å². The summed E-state index contributed by atoms with van der Waals surface area (Å²) in [5, 5.41) is 12.6. The van der Waals surface area contributed by atoms with Gasteiger partial charge in [0.25, 0.3) is 0 Å². The van der Waals surface area contributed by atoms with Crippen molar-refractivity contribution in [2.75, 3.05) is 13.1 Å². The number of hydrogen-bond donors (Lipinski definition) is 1. The van der Waals surface area contributed by atoms with Crippen LogP contribution in [-0.4, -0.2) is 23.1 Å². The largest absolute Gasteiger partial charge is 0.507 e. The van der Waals surface area contributed by atoms with Gasteiger partial charge in [0.2, 0.25) is 0 Å². The molecule has 0 unspecified atom stereocenters. The van der Waals surface area contributed by atoms with Gasteiger partial charge in [-0.05, 0) is 49.5 Å². The van der Waals surface area contributed by atoms with Crippen molar-refractivity contribution >= 4 is 21.7 Å². The van der Waals surface area contributed by atoms with Crippen molar-refractivity contribution in [3.63, 3.8) is 0 Å². The number of hydrogen-bond acceptors (Lipinski definition) is 4. The lowest BCUT2D eigenvalue weighted by molar-refractivity contribution is 0.323. The highest BCUT2D eigenvalue weighted by molar-refractivity contribution is 6.05. The van der Waals surface area contributed by atoms with Crippen molar-refractivity contribution in [3.8, 4) is 5.75 Å². The average molecular weight is 295 g/mol. The van der Waals surface area contributed by atoms with Gasteiger partial charge in [-0.1, -0.05) is 18.2 Å². The summed E-state index contributed by atoms with van der Waals surface area (Å²) >= 11 is 0. The minimum Gasteiger partial charge on any atom is -0.507 e. The molecule has 0 radical (unpaired) electrons. The molecule has 22 heavy (non-hydrogen) atoms. The van der Waals surface area contributed by atoms with Gasteiger partial charge < -0.3 is 9.52 Å². The second-order valence-corrected chi connectivity index (χ2v) is 5.86. The summed E-state index contributed by atoms with van der Waals surface area (Å²) < 4.78 is 5.55. The molecule has 1 aliphatic heterocycles. The van der Waals surface area contributed by atoms with Crippen LogP contribution >= 0.6 is 0 Å². The topological polar surface area (TPSA) is 53.7 Å². The highest BCUT2D eigenvalue weighted by atomic mass is 16.4. The number of likely N-dealkylation sites (tertiary alicyclic amines) is 1. The maximum atomic E-state index is 12.2. The molecule has 1 N–H and O–H groups in total. The first-order valence-electron chi connectivity index (χ1n) is 7.63. The molecule has 0 spiro atoms. The fraction of sp³-hybridized carbons (Fsp3) is 0.278. The SMILES string of the molecule is O=c1oc2c(CN3CCCC3)c(O)ccc2c2ccccc12. The van der Waals surface area contributed by atoms with E-state index in [1.807, 2.05) is 24.3 Å². The lowest BCUT2D eigenvalue weighted by Gasteiger charge is -2.16. The molecule has 4 nitrogen and oxygen atoms in total. The Morgan fingerprint density at radius 2 is 1.73 bits per heavy atom. The van der Waals surface area contributed by atoms with Crippen LogP contribution in [0.25, 0.3) is 21.7 Å². The predicted octanol–water partition coefficient (Wildman–Crippen LogP) is 3.25. The molecule has 4 rings (SSSR count). The van der Waals surface area contributed by atoms with Gasteiger partial charge in [0.15, 0.2) is 0 Å². The highest BCUT2D eigenvalue weighted by Crippen LogP contribution is 2.32. The molecular formula is C18H17NO3.